The largest absolute Gasteiger partial charge is 1.00 e. The first kappa shape index (κ1) is 18.0. The Morgan fingerprint density at radius 3 is 2.25 bits per heavy atom. The maximum Gasteiger partial charge on any atom is 0.120 e. The van der Waals surface area contributed by atoms with Crippen LogP contribution in [0.3, 0.4) is 0 Å². The molecule has 0 saturated carbocycles. The van der Waals surface area contributed by atoms with Gasteiger partial charge in [0.15, 0.2) is 0 Å². The van der Waals surface area contributed by atoms with Gasteiger partial charge in [0, 0.05) is 25.5 Å². The third kappa shape index (κ3) is 5.69. The van der Waals surface area contributed by atoms with Crippen LogP contribution in [0.2, 0.25) is 0 Å². The molecule has 0 atom stereocenters. The lowest BCUT2D eigenvalue weighted by molar-refractivity contribution is -0.00000509. The summed E-state index contributed by atoms with van der Waals surface area (Å²) in [5, 5.41) is 3.44. The summed E-state index contributed by atoms with van der Waals surface area (Å²) < 4.78 is 5.86. The Hall–Kier alpha value is -2.36. The predicted octanol–water partition coefficient (Wildman–Crippen LogP) is 0.954. The van der Waals surface area contributed by atoms with Crippen LogP contribution in [-0.4, -0.2) is 4.98 Å². The van der Waals surface area contributed by atoms with Crippen molar-refractivity contribution in [1.29, 1.82) is 0 Å². The summed E-state index contributed by atoms with van der Waals surface area (Å²) in [4.78, 5) is 4.02. The number of nitrogens with one attached hydrogen (secondary N) is 1. The van der Waals surface area contributed by atoms with E-state index in [9.17, 15) is 0 Å². The second-order valence-corrected chi connectivity index (χ2v) is 5.38. The van der Waals surface area contributed by atoms with Gasteiger partial charge in [0.2, 0.25) is 0 Å². The molecule has 124 valence electrons. The molecule has 0 unspecified atom stereocenters. The summed E-state index contributed by atoms with van der Waals surface area (Å²) in [6, 6.07) is 22.5. The Balaban J connectivity index is 0.00000208. The van der Waals surface area contributed by atoms with Gasteiger partial charge in [-0.05, 0) is 41.0 Å². The molecule has 3 aromatic rings. The van der Waals surface area contributed by atoms with Crippen molar-refractivity contribution in [2.45, 2.75) is 19.7 Å². The van der Waals surface area contributed by atoms with Crippen LogP contribution in [0.4, 0.5) is 0 Å². The van der Waals surface area contributed by atoms with Crippen molar-refractivity contribution in [3.05, 3.63) is 95.8 Å². The molecule has 0 saturated heterocycles. The number of hydrogen-bond donors (Lipinski definition) is 1. The molecule has 1 aromatic heterocycles. The van der Waals surface area contributed by atoms with Gasteiger partial charge in [0.25, 0.3) is 0 Å². The van der Waals surface area contributed by atoms with Crippen LogP contribution in [0.25, 0.3) is 0 Å². The van der Waals surface area contributed by atoms with Gasteiger partial charge < -0.3 is 22.5 Å². The van der Waals surface area contributed by atoms with Crippen molar-refractivity contribution in [3.63, 3.8) is 0 Å². The summed E-state index contributed by atoms with van der Waals surface area (Å²) in [6.07, 6.45) is 3.63. The maximum atomic E-state index is 5.86. The molecule has 2 aromatic carbocycles. The minimum absolute atomic E-state index is 0. The molecule has 1 N–H and O–H groups in total. The van der Waals surface area contributed by atoms with Gasteiger partial charge in [-0.1, -0.05) is 42.5 Å². The number of pyridine rings is 1. The number of halogens is 1. The van der Waals surface area contributed by atoms with E-state index in [2.05, 4.69) is 34.6 Å². The Bertz CT molecular complexity index is 720. The number of aromatic nitrogens is 1. The third-order valence-electron chi connectivity index (χ3n) is 3.55. The number of nitrogens with zero attached hydrogens (tertiary/aromatic N) is 1. The smallest absolute Gasteiger partial charge is 0.120 e. The molecule has 4 heteroatoms. The molecular formula is C20H20ClN2O-. The number of hydrogen-bond acceptors (Lipinski definition) is 3. The van der Waals surface area contributed by atoms with E-state index in [-0.39, 0.29) is 12.4 Å². The van der Waals surface area contributed by atoms with Crippen molar-refractivity contribution in [1.82, 2.24) is 10.3 Å². The maximum absolute atomic E-state index is 5.86. The van der Waals surface area contributed by atoms with Crippen molar-refractivity contribution < 1.29 is 17.1 Å². The first-order valence-electron chi connectivity index (χ1n) is 7.75. The van der Waals surface area contributed by atoms with Crippen molar-refractivity contribution in [2.75, 3.05) is 0 Å². The fourth-order valence-electron chi connectivity index (χ4n) is 2.34. The zero-order valence-corrected chi connectivity index (χ0v) is 14.1. The number of benzene rings is 2. The van der Waals surface area contributed by atoms with Gasteiger partial charge in [-0.2, -0.15) is 0 Å². The zero-order valence-electron chi connectivity index (χ0n) is 13.4. The van der Waals surface area contributed by atoms with E-state index in [0.717, 1.165) is 18.8 Å². The van der Waals surface area contributed by atoms with E-state index < -0.39 is 0 Å². The van der Waals surface area contributed by atoms with Gasteiger partial charge in [-0.25, -0.2) is 0 Å². The van der Waals surface area contributed by atoms with E-state index in [0.29, 0.717) is 6.61 Å². The molecule has 0 bridgehead atoms. The summed E-state index contributed by atoms with van der Waals surface area (Å²) in [6.45, 7) is 2.23. The minimum atomic E-state index is 0. The predicted molar refractivity (Wildman–Crippen MR) is 92.0 cm³/mol. The Labute approximate surface area is 149 Å². The van der Waals surface area contributed by atoms with Gasteiger partial charge in [0.05, 0.1) is 0 Å². The molecular weight excluding hydrogens is 320 g/mol. The van der Waals surface area contributed by atoms with Crippen LogP contribution >= 0.6 is 0 Å². The van der Waals surface area contributed by atoms with Crippen LogP contribution in [0.1, 0.15) is 16.7 Å². The highest BCUT2D eigenvalue weighted by Gasteiger charge is 1.99. The van der Waals surface area contributed by atoms with Crippen LogP contribution in [0.5, 0.6) is 5.75 Å². The van der Waals surface area contributed by atoms with Crippen LogP contribution in [0, 0.1) is 0 Å². The minimum Gasteiger partial charge on any atom is -1.00 e. The SMILES string of the molecule is [Cl-].c1ccc(COc2cccc(CNCc3ccncc3)c2)cc1. The highest BCUT2D eigenvalue weighted by molar-refractivity contribution is 5.29. The lowest BCUT2D eigenvalue weighted by Gasteiger charge is -2.09. The molecule has 0 spiro atoms. The normalized spacial score (nSPS) is 10.0. The Kier molecular flexibility index (Phi) is 7.27. The van der Waals surface area contributed by atoms with E-state index in [1.54, 1.807) is 0 Å². The lowest BCUT2D eigenvalue weighted by atomic mass is 10.2. The van der Waals surface area contributed by atoms with Gasteiger partial charge in [-0.3, -0.25) is 4.98 Å². The summed E-state index contributed by atoms with van der Waals surface area (Å²) in [5.41, 5.74) is 3.62. The molecule has 24 heavy (non-hydrogen) atoms. The lowest BCUT2D eigenvalue weighted by Crippen LogP contribution is -3.00. The molecule has 0 radical (unpaired) electrons. The first-order chi connectivity index (χ1) is 11.4. The van der Waals surface area contributed by atoms with E-state index in [1.807, 2.05) is 54.9 Å². The second kappa shape index (κ2) is 9.71. The van der Waals surface area contributed by atoms with Gasteiger partial charge in [0.1, 0.15) is 12.4 Å². The summed E-state index contributed by atoms with van der Waals surface area (Å²) in [5.74, 6) is 0.900. The molecule has 0 fully saturated rings. The quantitative estimate of drug-likeness (QED) is 0.696. The first-order valence-corrected chi connectivity index (χ1v) is 7.75. The number of ether oxygens (including phenoxy) is 1. The zero-order chi connectivity index (χ0) is 15.7. The highest BCUT2D eigenvalue weighted by Crippen LogP contribution is 2.15. The fourth-order valence-corrected chi connectivity index (χ4v) is 2.34. The molecule has 0 aliphatic carbocycles. The molecule has 0 amide bonds. The van der Waals surface area contributed by atoms with Crippen molar-refractivity contribution >= 4 is 0 Å². The summed E-state index contributed by atoms with van der Waals surface area (Å²) in [7, 11) is 0. The van der Waals surface area contributed by atoms with E-state index in [1.165, 1.54) is 16.7 Å². The van der Waals surface area contributed by atoms with Crippen molar-refractivity contribution in [3.8, 4) is 5.75 Å². The highest BCUT2D eigenvalue weighted by atomic mass is 35.5. The monoisotopic (exact) mass is 339 g/mol. The average Bonchev–Trinajstić information content (AvgIpc) is 2.62. The van der Waals surface area contributed by atoms with Crippen LogP contribution < -0.4 is 22.5 Å². The average molecular weight is 340 g/mol. The van der Waals surface area contributed by atoms with Gasteiger partial charge in [-0.15, -0.1) is 0 Å². The van der Waals surface area contributed by atoms with E-state index in [4.69, 9.17) is 4.74 Å². The second-order valence-electron chi connectivity index (χ2n) is 5.38. The van der Waals surface area contributed by atoms with Crippen molar-refractivity contribution in [2.24, 2.45) is 0 Å². The number of rotatable bonds is 7. The van der Waals surface area contributed by atoms with Crippen LogP contribution in [-0.2, 0) is 19.7 Å². The van der Waals surface area contributed by atoms with Gasteiger partial charge >= 0.3 is 0 Å². The molecule has 0 aliphatic rings. The molecule has 3 nitrogen and oxygen atoms in total. The molecule has 1 heterocycles. The summed E-state index contributed by atoms with van der Waals surface area (Å²) >= 11 is 0. The van der Waals surface area contributed by atoms with Crippen LogP contribution in [0.15, 0.2) is 79.1 Å². The molecule has 0 aliphatic heterocycles. The standard InChI is InChI=1S/C20H20N2O.ClH/c1-2-5-18(6-3-1)16-23-20-8-4-7-19(13-20)15-22-14-17-9-11-21-12-10-17;/h1-13,22H,14-16H2;1H/p-1. The van der Waals surface area contributed by atoms with E-state index >= 15 is 0 Å². The Morgan fingerprint density at radius 2 is 1.46 bits per heavy atom. The Morgan fingerprint density at radius 1 is 0.750 bits per heavy atom. The third-order valence-corrected chi connectivity index (χ3v) is 3.55. The topological polar surface area (TPSA) is 34.1 Å². The fraction of sp³-hybridized carbons (Fsp3) is 0.150. The molecule has 3 rings (SSSR count).